The lowest BCUT2D eigenvalue weighted by atomic mass is 10.4. The summed E-state index contributed by atoms with van der Waals surface area (Å²) >= 11 is 1.60. The van der Waals surface area contributed by atoms with E-state index in [-0.39, 0.29) is 5.78 Å². The van der Waals surface area contributed by atoms with E-state index in [0.717, 1.165) is 4.88 Å². The first-order valence-electron chi connectivity index (χ1n) is 3.27. The Labute approximate surface area is 70.1 Å². The predicted molar refractivity (Wildman–Crippen MR) is 46.6 cm³/mol. The third-order valence-corrected chi connectivity index (χ3v) is 2.02. The number of thiophene rings is 1. The van der Waals surface area contributed by atoms with Gasteiger partial charge in [0.05, 0.1) is 4.88 Å². The molecule has 0 aliphatic carbocycles. The molecule has 1 heterocycles. The predicted octanol–water partition coefficient (Wildman–Crippen LogP) is 2.00. The quantitative estimate of drug-likeness (QED) is 0.536. The first kappa shape index (κ1) is 8.03. The SMILES string of the molecule is CC(=O)C#Cc1ccc(C)s1. The zero-order chi connectivity index (χ0) is 8.27. The lowest BCUT2D eigenvalue weighted by Gasteiger charge is -1.75. The largest absolute Gasteiger partial charge is 0.285 e. The minimum absolute atomic E-state index is 0.0870. The van der Waals surface area contributed by atoms with Gasteiger partial charge in [0.15, 0.2) is 0 Å². The zero-order valence-corrected chi connectivity index (χ0v) is 7.29. The molecule has 1 rings (SSSR count). The molecule has 0 saturated carbocycles. The number of aryl methyl sites for hydroxylation is 1. The van der Waals surface area contributed by atoms with Crippen LogP contribution in [0.15, 0.2) is 12.1 Å². The van der Waals surface area contributed by atoms with Crippen LogP contribution in [0.1, 0.15) is 16.7 Å². The molecule has 0 aromatic carbocycles. The molecule has 1 aromatic rings. The van der Waals surface area contributed by atoms with Gasteiger partial charge in [-0.2, -0.15) is 0 Å². The van der Waals surface area contributed by atoms with Crippen LogP contribution in [0, 0.1) is 18.8 Å². The highest BCUT2D eigenvalue weighted by Crippen LogP contribution is 2.12. The highest BCUT2D eigenvalue weighted by Gasteiger charge is 1.90. The zero-order valence-electron chi connectivity index (χ0n) is 6.47. The van der Waals surface area contributed by atoms with Crippen molar-refractivity contribution < 1.29 is 4.79 Å². The molecule has 0 radical (unpaired) electrons. The summed E-state index contributed by atoms with van der Waals surface area (Å²) in [7, 11) is 0. The Balaban J connectivity index is 2.82. The lowest BCUT2D eigenvalue weighted by Crippen LogP contribution is -1.79. The van der Waals surface area contributed by atoms with Gasteiger partial charge >= 0.3 is 0 Å². The Kier molecular flexibility index (Phi) is 2.45. The van der Waals surface area contributed by atoms with Crippen LogP contribution in [0.4, 0.5) is 0 Å². The lowest BCUT2D eigenvalue weighted by molar-refractivity contribution is -0.111. The number of carbonyl (C=O) groups excluding carboxylic acids is 1. The van der Waals surface area contributed by atoms with Crippen LogP contribution in [-0.2, 0) is 4.79 Å². The first-order chi connectivity index (χ1) is 5.18. The molecule has 11 heavy (non-hydrogen) atoms. The number of hydrogen-bond donors (Lipinski definition) is 0. The van der Waals surface area contributed by atoms with Gasteiger partial charge in [-0.1, -0.05) is 0 Å². The van der Waals surface area contributed by atoms with Crippen molar-refractivity contribution in [2.45, 2.75) is 13.8 Å². The van der Waals surface area contributed by atoms with E-state index in [9.17, 15) is 4.79 Å². The standard InChI is InChI=1S/C9H8OS/c1-7(10)3-5-9-6-4-8(2)11-9/h4,6H,1-2H3. The summed E-state index contributed by atoms with van der Waals surface area (Å²) in [5, 5.41) is 0. The highest BCUT2D eigenvalue weighted by molar-refractivity contribution is 7.12. The van der Waals surface area contributed by atoms with Crippen molar-refractivity contribution in [3.8, 4) is 11.8 Å². The molecule has 1 aromatic heterocycles. The van der Waals surface area contributed by atoms with Crippen molar-refractivity contribution in [1.29, 1.82) is 0 Å². The Hall–Kier alpha value is -1.07. The van der Waals surface area contributed by atoms with Crippen molar-refractivity contribution in [2.24, 2.45) is 0 Å². The fourth-order valence-electron chi connectivity index (χ4n) is 0.651. The molecule has 0 spiro atoms. The maximum absolute atomic E-state index is 10.5. The summed E-state index contributed by atoms with van der Waals surface area (Å²) in [4.78, 5) is 12.6. The molecule has 1 nitrogen and oxygen atoms in total. The second-order valence-corrected chi connectivity index (χ2v) is 3.50. The van der Waals surface area contributed by atoms with Gasteiger partial charge in [-0.05, 0) is 30.9 Å². The van der Waals surface area contributed by atoms with Gasteiger partial charge in [-0.15, -0.1) is 11.3 Å². The molecule has 0 fully saturated rings. The van der Waals surface area contributed by atoms with Crippen molar-refractivity contribution in [1.82, 2.24) is 0 Å². The molecule has 0 saturated heterocycles. The maximum Gasteiger partial charge on any atom is 0.202 e. The van der Waals surface area contributed by atoms with Gasteiger partial charge in [-0.3, -0.25) is 4.79 Å². The Bertz CT molecular complexity index is 325. The number of hydrogen-bond acceptors (Lipinski definition) is 2. The smallest absolute Gasteiger partial charge is 0.202 e. The Morgan fingerprint density at radius 2 is 2.27 bits per heavy atom. The summed E-state index contributed by atoms with van der Waals surface area (Å²) in [6.07, 6.45) is 0. The van der Waals surface area contributed by atoms with Gasteiger partial charge in [-0.25, -0.2) is 0 Å². The second kappa shape index (κ2) is 3.36. The summed E-state index contributed by atoms with van der Waals surface area (Å²) in [6, 6.07) is 3.92. The maximum atomic E-state index is 10.5. The molecule has 0 unspecified atom stereocenters. The Morgan fingerprint density at radius 3 is 2.73 bits per heavy atom. The van der Waals surface area contributed by atoms with Crippen LogP contribution in [0.25, 0.3) is 0 Å². The van der Waals surface area contributed by atoms with Crippen molar-refractivity contribution in [2.75, 3.05) is 0 Å². The van der Waals surface area contributed by atoms with Gasteiger partial charge in [0.2, 0.25) is 5.78 Å². The number of carbonyl (C=O) groups is 1. The normalized spacial score (nSPS) is 8.55. The fraction of sp³-hybridized carbons (Fsp3) is 0.222. The summed E-state index contributed by atoms with van der Waals surface area (Å²) in [5.41, 5.74) is 0. The molecular weight excluding hydrogens is 156 g/mol. The molecule has 0 bridgehead atoms. The van der Waals surface area contributed by atoms with E-state index >= 15 is 0 Å². The Morgan fingerprint density at radius 1 is 1.55 bits per heavy atom. The average Bonchev–Trinajstić information content (AvgIpc) is 2.31. The summed E-state index contributed by atoms with van der Waals surface area (Å²) in [6.45, 7) is 3.48. The molecular formula is C9H8OS. The topological polar surface area (TPSA) is 17.1 Å². The molecule has 0 amide bonds. The molecule has 2 heteroatoms. The van der Waals surface area contributed by atoms with E-state index in [1.165, 1.54) is 11.8 Å². The molecule has 0 N–H and O–H groups in total. The number of ketones is 1. The van der Waals surface area contributed by atoms with Crippen molar-refractivity contribution in [3.63, 3.8) is 0 Å². The third kappa shape index (κ3) is 2.57. The number of Topliss-reactive ketones (excluding diaryl/α,β-unsaturated/α-hetero) is 1. The second-order valence-electron chi connectivity index (χ2n) is 2.22. The van der Waals surface area contributed by atoms with Crippen LogP contribution in [0.3, 0.4) is 0 Å². The van der Waals surface area contributed by atoms with E-state index in [2.05, 4.69) is 11.8 Å². The molecule has 56 valence electrons. The van der Waals surface area contributed by atoms with Crippen molar-refractivity contribution in [3.05, 3.63) is 21.9 Å². The third-order valence-electron chi connectivity index (χ3n) is 1.10. The van der Waals surface area contributed by atoms with Gasteiger partial charge in [0, 0.05) is 11.8 Å². The van der Waals surface area contributed by atoms with E-state index in [1.54, 1.807) is 11.3 Å². The summed E-state index contributed by atoms with van der Waals surface area (Å²) < 4.78 is 0. The minimum atomic E-state index is -0.0870. The van der Waals surface area contributed by atoms with E-state index in [4.69, 9.17) is 0 Å². The molecule has 0 aliphatic heterocycles. The van der Waals surface area contributed by atoms with Crippen LogP contribution < -0.4 is 0 Å². The van der Waals surface area contributed by atoms with Crippen LogP contribution >= 0.6 is 11.3 Å². The minimum Gasteiger partial charge on any atom is -0.285 e. The molecule has 0 atom stereocenters. The monoisotopic (exact) mass is 164 g/mol. The molecule has 0 aliphatic rings. The van der Waals surface area contributed by atoms with Gasteiger partial charge in [0.25, 0.3) is 0 Å². The van der Waals surface area contributed by atoms with Crippen LogP contribution in [0.2, 0.25) is 0 Å². The van der Waals surface area contributed by atoms with E-state index in [1.807, 2.05) is 19.1 Å². The number of rotatable bonds is 0. The highest BCUT2D eigenvalue weighted by atomic mass is 32.1. The van der Waals surface area contributed by atoms with Crippen molar-refractivity contribution >= 4 is 17.1 Å². The average molecular weight is 164 g/mol. The van der Waals surface area contributed by atoms with E-state index < -0.39 is 0 Å². The van der Waals surface area contributed by atoms with E-state index in [0.29, 0.717) is 0 Å². The van der Waals surface area contributed by atoms with Crippen LogP contribution in [-0.4, -0.2) is 5.78 Å². The fourth-order valence-corrected chi connectivity index (χ4v) is 1.37. The first-order valence-corrected chi connectivity index (χ1v) is 4.09. The van der Waals surface area contributed by atoms with Crippen LogP contribution in [0.5, 0.6) is 0 Å². The van der Waals surface area contributed by atoms with Gasteiger partial charge < -0.3 is 0 Å². The van der Waals surface area contributed by atoms with Gasteiger partial charge in [0.1, 0.15) is 0 Å². The summed E-state index contributed by atoms with van der Waals surface area (Å²) in [5.74, 6) is 5.19.